The molecule has 0 aromatic heterocycles. The molecule has 2 aliphatic heterocycles. The summed E-state index contributed by atoms with van der Waals surface area (Å²) in [7, 11) is 1.67. The van der Waals surface area contributed by atoms with Gasteiger partial charge in [0.25, 0.3) is 5.91 Å². The molecule has 1 N–H and O–H groups in total. The first-order chi connectivity index (χ1) is 14.5. The first-order valence-corrected chi connectivity index (χ1v) is 11.1. The fourth-order valence-corrected chi connectivity index (χ4v) is 4.53. The zero-order valence-electron chi connectivity index (χ0n) is 17.7. The van der Waals surface area contributed by atoms with Gasteiger partial charge in [-0.1, -0.05) is 6.07 Å². The number of aryl methyl sites for hydroxylation is 2. The minimum atomic E-state index is -0.134. The molecule has 0 unspecified atom stereocenters. The Morgan fingerprint density at radius 1 is 1.07 bits per heavy atom. The summed E-state index contributed by atoms with van der Waals surface area (Å²) in [6, 6.07) is 12.2. The largest absolute Gasteiger partial charge is 0.496 e. The minimum absolute atomic E-state index is 0.134. The monoisotopic (exact) mass is 421 g/mol. The third-order valence-corrected chi connectivity index (χ3v) is 6.51. The fraction of sp³-hybridized carbons (Fsp3) is 0.333. The number of rotatable bonds is 4. The van der Waals surface area contributed by atoms with Crippen molar-refractivity contribution in [3.8, 4) is 5.75 Å². The number of carbonyl (C=O) groups is 1. The molecule has 0 radical (unpaired) electrons. The van der Waals surface area contributed by atoms with Gasteiger partial charge in [-0.05, 0) is 86.3 Å². The number of nitrogens with zero attached hydrogens (tertiary/aromatic N) is 2. The second kappa shape index (κ2) is 8.96. The van der Waals surface area contributed by atoms with Crippen LogP contribution in [0.1, 0.15) is 36.0 Å². The van der Waals surface area contributed by atoms with Crippen molar-refractivity contribution in [2.24, 2.45) is 4.99 Å². The van der Waals surface area contributed by atoms with E-state index in [9.17, 15) is 4.79 Å². The van der Waals surface area contributed by atoms with Crippen molar-refractivity contribution in [2.75, 3.05) is 25.1 Å². The van der Waals surface area contributed by atoms with E-state index in [1.807, 2.05) is 30.3 Å². The van der Waals surface area contributed by atoms with Crippen molar-refractivity contribution in [1.29, 1.82) is 0 Å². The van der Waals surface area contributed by atoms with Crippen molar-refractivity contribution in [2.45, 2.75) is 33.1 Å². The van der Waals surface area contributed by atoms with E-state index in [4.69, 9.17) is 4.74 Å². The SMILES string of the molecule is COc1cc(N2CCCCC2)ccc1/C=C1\SC(=Nc2ccc(C)c(C)c2)NC1=O. The molecular weight excluding hydrogens is 394 g/mol. The molecule has 2 aromatic carbocycles. The van der Waals surface area contributed by atoms with E-state index in [1.165, 1.54) is 47.8 Å². The molecule has 2 fully saturated rings. The second-order valence-corrected chi connectivity index (χ2v) is 8.75. The third kappa shape index (κ3) is 4.54. The lowest BCUT2D eigenvalue weighted by molar-refractivity contribution is -0.115. The van der Waals surface area contributed by atoms with Crippen LogP contribution in [0.2, 0.25) is 0 Å². The Balaban J connectivity index is 1.56. The van der Waals surface area contributed by atoms with E-state index in [2.05, 4.69) is 41.2 Å². The molecule has 6 heteroatoms. The van der Waals surface area contributed by atoms with Gasteiger partial charge < -0.3 is 15.0 Å². The van der Waals surface area contributed by atoms with E-state index < -0.39 is 0 Å². The van der Waals surface area contributed by atoms with Crippen LogP contribution >= 0.6 is 11.8 Å². The molecule has 5 nitrogen and oxygen atoms in total. The molecular formula is C24H27N3O2S. The van der Waals surface area contributed by atoms with Crippen molar-refractivity contribution in [3.05, 3.63) is 58.0 Å². The number of anilines is 1. The molecule has 0 bridgehead atoms. The Hall–Kier alpha value is -2.73. The Kier molecular flexibility index (Phi) is 6.13. The molecule has 4 rings (SSSR count). The standard InChI is InChI=1S/C24H27N3O2S/c1-16-7-9-19(13-17(16)2)25-24-26-23(28)22(30-24)14-18-8-10-20(15-21(18)29-3)27-11-5-4-6-12-27/h7-10,13-15H,4-6,11-12H2,1-3H3,(H,25,26,28)/b22-14-. The van der Waals surface area contributed by atoms with E-state index in [1.54, 1.807) is 7.11 Å². The van der Waals surface area contributed by atoms with Crippen LogP contribution in [0.5, 0.6) is 5.75 Å². The summed E-state index contributed by atoms with van der Waals surface area (Å²) in [5, 5.41) is 3.46. The molecule has 2 heterocycles. The molecule has 156 valence electrons. The van der Waals surface area contributed by atoms with Gasteiger partial charge in [-0.15, -0.1) is 0 Å². The maximum atomic E-state index is 12.5. The number of hydrogen-bond donors (Lipinski definition) is 1. The van der Waals surface area contributed by atoms with E-state index in [0.717, 1.165) is 30.1 Å². The number of amidine groups is 1. The van der Waals surface area contributed by atoms with Crippen molar-refractivity contribution < 1.29 is 9.53 Å². The zero-order valence-corrected chi connectivity index (χ0v) is 18.5. The molecule has 1 amide bonds. The van der Waals surface area contributed by atoms with E-state index in [-0.39, 0.29) is 5.91 Å². The first-order valence-electron chi connectivity index (χ1n) is 10.3. The van der Waals surface area contributed by atoms with Crippen LogP contribution in [0.3, 0.4) is 0 Å². The number of thioether (sulfide) groups is 1. The van der Waals surface area contributed by atoms with Crippen LogP contribution in [0.15, 0.2) is 46.3 Å². The van der Waals surface area contributed by atoms with Crippen LogP contribution < -0.4 is 15.0 Å². The van der Waals surface area contributed by atoms with E-state index >= 15 is 0 Å². The Labute approximate surface area is 182 Å². The average molecular weight is 422 g/mol. The van der Waals surface area contributed by atoms with Crippen LogP contribution in [0.4, 0.5) is 11.4 Å². The Bertz CT molecular complexity index is 1020. The normalized spacial score (nSPS) is 19.4. The number of methoxy groups -OCH3 is 1. The number of amides is 1. The lowest BCUT2D eigenvalue weighted by atomic mass is 10.1. The Morgan fingerprint density at radius 2 is 1.87 bits per heavy atom. The lowest BCUT2D eigenvalue weighted by Crippen LogP contribution is -2.29. The number of hydrogen-bond acceptors (Lipinski definition) is 5. The molecule has 2 aliphatic rings. The molecule has 0 spiro atoms. The van der Waals surface area contributed by atoms with Gasteiger partial charge in [-0.25, -0.2) is 4.99 Å². The summed E-state index contributed by atoms with van der Waals surface area (Å²) < 4.78 is 5.63. The molecule has 2 aromatic rings. The highest BCUT2D eigenvalue weighted by atomic mass is 32.2. The fourth-order valence-electron chi connectivity index (χ4n) is 3.70. The minimum Gasteiger partial charge on any atom is -0.496 e. The zero-order chi connectivity index (χ0) is 21.1. The summed E-state index contributed by atoms with van der Waals surface area (Å²) in [6.45, 7) is 6.30. The van der Waals surface area contributed by atoms with Crippen LogP contribution in [-0.4, -0.2) is 31.3 Å². The molecule has 0 atom stereocenters. The highest BCUT2D eigenvalue weighted by molar-refractivity contribution is 8.18. The van der Waals surface area contributed by atoms with Crippen LogP contribution in [0, 0.1) is 13.8 Å². The van der Waals surface area contributed by atoms with Gasteiger partial charge in [0.1, 0.15) is 5.75 Å². The number of ether oxygens (including phenoxy) is 1. The van der Waals surface area contributed by atoms with Gasteiger partial charge in [0.05, 0.1) is 17.7 Å². The third-order valence-electron chi connectivity index (χ3n) is 5.60. The van der Waals surface area contributed by atoms with Crippen LogP contribution in [-0.2, 0) is 4.79 Å². The van der Waals surface area contributed by atoms with Gasteiger partial charge in [-0.2, -0.15) is 0 Å². The summed E-state index contributed by atoms with van der Waals surface area (Å²) in [5.41, 5.74) is 5.31. The number of piperidine rings is 1. The van der Waals surface area contributed by atoms with Gasteiger partial charge in [-0.3, -0.25) is 4.79 Å². The maximum absolute atomic E-state index is 12.5. The van der Waals surface area contributed by atoms with Gasteiger partial charge >= 0.3 is 0 Å². The van der Waals surface area contributed by atoms with Gasteiger partial charge in [0, 0.05) is 30.4 Å². The topological polar surface area (TPSA) is 53.9 Å². The summed E-state index contributed by atoms with van der Waals surface area (Å²) in [4.78, 5) is 20.1. The molecule has 0 saturated carbocycles. The quantitative estimate of drug-likeness (QED) is 0.690. The second-order valence-electron chi connectivity index (χ2n) is 7.72. The van der Waals surface area contributed by atoms with Gasteiger partial charge in [0.15, 0.2) is 5.17 Å². The lowest BCUT2D eigenvalue weighted by Gasteiger charge is -2.29. The number of nitrogens with one attached hydrogen (secondary N) is 1. The van der Waals surface area contributed by atoms with Gasteiger partial charge in [0.2, 0.25) is 0 Å². The predicted octanol–water partition coefficient (Wildman–Crippen LogP) is 5.19. The summed E-state index contributed by atoms with van der Waals surface area (Å²) >= 11 is 1.35. The predicted molar refractivity (Wildman–Crippen MR) is 126 cm³/mol. The van der Waals surface area contributed by atoms with Crippen molar-refractivity contribution in [1.82, 2.24) is 5.32 Å². The number of aliphatic imine (C=N–C) groups is 1. The highest BCUT2D eigenvalue weighted by Crippen LogP contribution is 2.33. The van der Waals surface area contributed by atoms with Crippen molar-refractivity contribution in [3.63, 3.8) is 0 Å². The maximum Gasteiger partial charge on any atom is 0.264 e. The number of benzene rings is 2. The summed E-state index contributed by atoms with van der Waals surface area (Å²) in [6.07, 6.45) is 5.64. The average Bonchev–Trinajstić information content (AvgIpc) is 3.10. The van der Waals surface area contributed by atoms with E-state index in [0.29, 0.717) is 10.1 Å². The van der Waals surface area contributed by atoms with Crippen molar-refractivity contribution >= 4 is 40.3 Å². The summed E-state index contributed by atoms with van der Waals surface area (Å²) in [5.74, 6) is 0.642. The van der Waals surface area contributed by atoms with Crippen LogP contribution in [0.25, 0.3) is 6.08 Å². The molecule has 0 aliphatic carbocycles. The number of carbonyl (C=O) groups excluding carboxylic acids is 1. The Morgan fingerprint density at radius 3 is 2.60 bits per heavy atom. The smallest absolute Gasteiger partial charge is 0.264 e. The first kappa shape index (κ1) is 20.5. The molecule has 30 heavy (non-hydrogen) atoms. The molecule has 2 saturated heterocycles. The highest BCUT2D eigenvalue weighted by Gasteiger charge is 2.24.